The Hall–Kier alpha value is -2.88. The van der Waals surface area contributed by atoms with Gasteiger partial charge < -0.3 is 28.6 Å². The van der Waals surface area contributed by atoms with Gasteiger partial charge in [0.05, 0.1) is 34.0 Å². The second-order valence-electron chi connectivity index (χ2n) is 7.05. The molecule has 0 heterocycles. The van der Waals surface area contributed by atoms with Crippen molar-refractivity contribution in [3.8, 4) is 23.0 Å². The van der Waals surface area contributed by atoms with E-state index in [1.54, 1.807) is 67.9 Å². The van der Waals surface area contributed by atoms with Crippen molar-refractivity contribution in [2.75, 3.05) is 42.5 Å². The van der Waals surface area contributed by atoms with Gasteiger partial charge in [0, 0.05) is 29.3 Å². The van der Waals surface area contributed by atoms with Crippen molar-refractivity contribution in [3.63, 3.8) is 0 Å². The fraction of sp³-hybridized carbons (Fsp3) is 0.348. The average Bonchev–Trinajstić information content (AvgIpc) is 2.76. The van der Waals surface area contributed by atoms with Gasteiger partial charge in [0.25, 0.3) is 0 Å². The molecule has 0 fully saturated rings. The van der Waals surface area contributed by atoms with Crippen LogP contribution in [-0.4, -0.2) is 63.1 Å². The van der Waals surface area contributed by atoms with Crippen LogP contribution in [0.1, 0.15) is 22.7 Å². The average molecular weight is 464 g/mol. The summed E-state index contributed by atoms with van der Waals surface area (Å²) in [4.78, 5) is 13.4. The molecule has 0 saturated carbocycles. The number of carboxylic acids is 1. The van der Waals surface area contributed by atoms with E-state index in [2.05, 4.69) is 0 Å². The Morgan fingerprint density at radius 3 is 2.09 bits per heavy atom. The summed E-state index contributed by atoms with van der Waals surface area (Å²) >= 11 is -1.38. The van der Waals surface area contributed by atoms with Gasteiger partial charge in [0.2, 0.25) is 0 Å². The third-order valence-electron chi connectivity index (χ3n) is 4.79. The first kappa shape index (κ1) is 25.4. The molecule has 0 aliphatic rings. The van der Waals surface area contributed by atoms with Crippen molar-refractivity contribution in [1.82, 2.24) is 4.90 Å². The molecule has 0 aliphatic carbocycles. The normalized spacial score (nSPS) is 13.1. The van der Waals surface area contributed by atoms with E-state index in [-0.39, 0.29) is 5.75 Å². The lowest BCUT2D eigenvalue weighted by Crippen LogP contribution is -2.28. The maximum absolute atomic E-state index is 12.8. The SMILES string of the molecule is COc1cc(OC)c(C=C[S+]([O-])Cc2ccc(OC)c(C(C(=O)O)N(C)C)c2)c(OC)c1. The van der Waals surface area contributed by atoms with E-state index in [0.29, 0.717) is 34.1 Å². The molecule has 8 nitrogen and oxygen atoms in total. The van der Waals surface area contributed by atoms with Crippen LogP contribution in [0.2, 0.25) is 0 Å². The van der Waals surface area contributed by atoms with Gasteiger partial charge in [0.1, 0.15) is 40.2 Å². The van der Waals surface area contributed by atoms with E-state index in [0.717, 1.165) is 5.56 Å². The third kappa shape index (κ3) is 6.09. The van der Waals surface area contributed by atoms with Gasteiger partial charge in [-0.05, 0) is 37.4 Å². The van der Waals surface area contributed by atoms with Crippen LogP contribution in [0.3, 0.4) is 0 Å². The van der Waals surface area contributed by atoms with Crippen LogP contribution in [0, 0.1) is 0 Å². The van der Waals surface area contributed by atoms with Crippen molar-refractivity contribution < 1.29 is 33.4 Å². The lowest BCUT2D eigenvalue weighted by molar-refractivity contribution is -0.142. The van der Waals surface area contributed by atoms with Gasteiger partial charge in [0.15, 0.2) is 0 Å². The molecule has 0 bridgehead atoms. The topological polar surface area (TPSA) is 101 Å². The molecule has 0 aliphatic heterocycles. The number of carboxylic acid groups (broad SMARTS) is 1. The predicted molar refractivity (Wildman–Crippen MR) is 124 cm³/mol. The molecule has 2 aromatic rings. The molecular formula is C23H29NO7S. The van der Waals surface area contributed by atoms with E-state index in [4.69, 9.17) is 18.9 Å². The minimum atomic E-state index is -1.38. The van der Waals surface area contributed by atoms with Crippen molar-refractivity contribution >= 4 is 23.2 Å². The summed E-state index contributed by atoms with van der Waals surface area (Å²) in [5.41, 5.74) is 1.87. The van der Waals surface area contributed by atoms with Gasteiger partial charge in [-0.1, -0.05) is 6.07 Å². The van der Waals surface area contributed by atoms with Crippen LogP contribution in [-0.2, 0) is 21.7 Å². The second-order valence-corrected chi connectivity index (χ2v) is 8.38. The summed E-state index contributed by atoms with van der Waals surface area (Å²) in [5.74, 6) is 1.30. The highest BCUT2D eigenvalue weighted by molar-refractivity contribution is 7.93. The molecule has 2 aromatic carbocycles. The Morgan fingerprint density at radius 2 is 1.62 bits per heavy atom. The monoisotopic (exact) mass is 463 g/mol. The molecule has 1 N–H and O–H groups in total. The maximum Gasteiger partial charge on any atom is 0.325 e. The maximum atomic E-state index is 12.8. The molecule has 2 atom stereocenters. The Morgan fingerprint density at radius 1 is 1.03 bits per heavy atom. The van der Waals surface area contributed by atoms with Crippen LogP contribution >= 0.6 is 0 Å². The number of nitrogens with zero attached hydrogens (tertiary/aromatic N) is 1. The van der Waals surface area contributed by atoms with E-state index in [9.17, 15) is 14.5 Å². The van der Waals surface area contributed by atoms with Crippen molar-refractivity contribution in [1.29, 1.82) is 0 Å². The molecule has 0 amide bonds. The first-order chi connectivity index (χ1) is 15.2. The highest BCUT2D eigenvalue weighted by Crippen LogP contribution is 2.35. The first-order valence-electron chi connectivity index (χ1n) is 9.67. The van der Waals surface area contributed by atoms with Gasteiger partial charge in [-0.25, -0.2) is 0 Å². The highest BCUT2D eigenvalue weighted by Gasteiger charge is 2.26. The standard InChI is InChI=1S/C23H29NO7S/c1-24(2)22(23(25)26)18-11-15(7-8-19(18)29-4)14-32(27)10-9-17-20(30-5)12-16(28-3)13-21(17)31-6/h7-13,22H,14H2,1-6H3,(H,25,26). The molecule has 9 heteroatoms. The van der Waals surface area contributed by atoms with E-state index in [1.807, 2.05) is 0 Å². The van der Waals surface area contributed by atoms with E-state index < -0.39 is 23.2 Å². The second kappa shape index (κ2) is 11.7. The van der Waals surface area contributed by atoms with Gasteiger partial charge >= 0.3 is 5.97 Å². The molecule has 0 spiro atoms. The number of hydrogen-bond acceptors (Lipinski definition) is 7. The number of carbonyl (C=O) groups is 1. The molecule has 174 valence electrons. The van der Waals surface area contributed by atoms with Crippen LogP contribution in [0.4, 0.5) is 0 Å². The zero-order valence-electron chi connectivity index (χ0n) is 19.1. The van der Waals surface area contributed by atoms with Crippen molar-refractivity contribution in [3.05, 3.63) is 52.4 Å². The molecule has 0 aromatic heterocycles. The summed E-state index contributed by atoms with van der Waals surface area (Å²) < 4.78 is 34.2. The van der Waals surface area contributed by atoms with Crippen LogP contribution in [0.15, 0.2) is 35.7 Å². The van der Waals surface area contributed by atoms with E-state index in [1.165, 1.54) is 21.3 Å². The molecular weight excluding hydrogens is 434 g/mol. The lowest BCUT2D eigenvalue weighted by atomic mass is 10.0. The molecule has 2 rings (SSSR count). The fourth-order valence-electron chi connectivity index (χ4n) is 3.27. The Balaban J connectivity index is 2.31. The van der Waals surface area contributed by atoms with Gasteiger partial charge in [-0.3, -0.25) is 9.69 Å². The van der Waals surface area contributed by atoms with Gasteiger partial charge in [-0.15, -0.1) is 0 Å². The molecule has 0 radical (unpaired) electrons. The zero-order chi connectivity index (χ0) is 23.8. The largest absolute Gasteiger partial charge is 0.612 e. The lowest BCUT2D eigenvalue weighted by Gasteiger charge is -2.23. The number of likely N-dealkylation sites (N-methyl/N-ethyl adjacent to an activating group) is 1. The van der Waals surface area contributed by atoms with Crippen LogP contribution in [0.25, 0.3) is 6.08 Å². The van der Waals surface area contributed by atoms with Crippen LogP contribution in [0.5, 0.6) is 23.0 Å². The minimum absolute atomic E-state index is 0.202. The van der Waals surface area contributed by atoms with Gasteiger partial charge in [-0.2, -0.15) is 0 Å². The molecule has 2 unspecified atom stereocenters. The number of rotatable bonds is 11. The Bertz CT molecular complexity index is 936. The summed E-state index contributed by atoms with van der Waals surface area (Å²) in [7, 11) is 9.47. The highest BCUT2D eigenvalue weighted by atomic mass is 32.2. The number of methoxy groups -OCH3 is 4. The van der Waals surface area contributed by atoms with Crippen molar-refractivity contribution in [2.45, 2.75) is 11.8 Å². The predicted octanol–water partition coefficient (Wildman–Crippen LogP) is 3.33. The summed E-state index contributed by atoms with van der Waals surface area (Å²) in [5, 5.41) is 11.2. The Labute approximate surface area is 191 Å². The number of benzene rings is 2. The van der Waals surface area contributed by atoms with E-state index >= 15 is 0 Å². The van der Waals surface area contributed by atoms with Crippen LogP contribution < -0.4 is 18.9 Å². The molecule has 0 saturated heterocycles. The third-order valence-corrected chi connectivity index (χ3v) is 5.85. The number of hydrogen-bond donors (Lipinski definition) is 1. The summed E-state index contributed by atoms with van der Waals surface area (Å²) in [6.07, 6.45) is 1.68. The molecule has 32 heavy (non-hydrogen) atoms. The quantitative estimate of drug-likeness (QED) is 0.507. The summed E-state index contributed by atoms with van der Waals surface area (Å²) in [6, 6.07) is 7.74. The first-order valence-corrected chi connectivity index (χ1v) is 11.0. The minimum Gasteiger partial charge on any atom is -0.612 e. The van der Waals surface area contributed by atoms with Crippen molar-refractivity contribution in [2.24, 2.45) is 0 Å². The Kier molecular flexibility index (Phi) is 9.25. The number of ether oxygens (including phenoxy) is 4. The smallest absolute Gasteiger partial charge is 0.325 e. The number of aliphatic carboxylic acids is 1. The summed E-state index contributed by atoms with van der Waals surface area (Å²) in [6.45, 7) is 0. The fourth-order valence-corrected chi connectivity index (χ4v) is 4.16. The zero-order valence-corrected chi connectivity index (χ0v) is 19.9.